The molecule has 0 spiro atoms. The molecular weight excluding hydrogens is 364 g/mol. The van der Waals surface area contributed by atoms with Gasteiger partial charge < -0.3 is 10.5 Å². The zero-order chi connectivity index (χ0) is 18.0. The summed E-state index contributed by atoms with van der Waals surface area (Å²) in [5.41, 5.74) is 5.87. The standard InChI is InChI=1S/C17H26N2O4S.ClH/c1-12(2)10-14(11-18)19-24(21,22)15-6-4-13(5-7-15)17(8-9-17)16(20)23-3;/h4-7,12,14,19H,8-11,18H2,1-3H3;1H. The van der Waals surface area contributed by atoms with Crippen LogP contribution in [0.3, 0.4) is 0 Å². The fourth-order valence-electron chi connectivity index (χ4n) is 2.93. The Hall–Kier alpha value is -1.15. The minimum Gasteiger partial charge on any atom is -0.468 e. The quantitative estimate of drug-likeness (QED) is 0.661. The van der Waals surface area contributed by atoms with Crippen molar-refractivity contribution in [2.75, 3.05) is 13.7 Å². The van der Waals surface area contributed by atoms with Gasteiger partial charge in [0.1, 0.15) is 0 Å². The number of sulfonamides is 1. The maximum Gasteiger partial charge on any atom is 0.316 e. The van der Waals surface area contributed by atoms with E-state index in [0.29, 0.717) is 12.3 Å². The highest BCUT2D eigenvalue weighted by atomic mass is 35.5. The Bertz CT molecular complexity index is 685. The summed E-state index contributed by atoms with van der Waals surface area (Å²) >= 11 is 0. The van der Waals surface area contributed by atoms with Gasteiger partial charge in [0.05, 0.1) is 17.4 Å². The van der Waals surface area contributed by atoms with E-state index in [1.807, 2.05) is 13.8 Å². The third-order valence-corrected chi connectivity index (χ3v) is 5.94. The molecule has 0 amide bonds. The van der Waals surface area contributed by atoms with Crippen LogP contribution in [0, 0.1) is 5.92 Å². The molecule has 6 nitrogen and oxygen atoms in total. The van der Waals surface area contributed by atoms with E-state index < -0.39 is 15.4 Å². The van der Waals surface area contributed by atoms with E-state index in [0.717, 1.165) is 18.4 Å². The van der Waals surface area contributed by atoms with Crippen LogP contribution in [-0.4, -0.2) is 34.1 Å². The number of hydrogen-bond donors (Lipinski definition) is 2. The molecule has 1 unspecified atom stereocenters. The smallest absolute Gasteiger partial charge is 0.316 e. The molecule has 1 aromatic carbocycles. The van der Waals surface area contributed by atoms with Crippen molar-refractivity contribution < 1.29 is 17.9 Å². The van der Waals surface area contributed by atoms with Crippen molar-refractivity contribution >= 4 is 28.4 Å². The fraction of sp³-hybridized carbons (Fsp3) is 0.588. The van der Waals surface area contributed by atoms with Gasteiger partial charge in [-0.15, -0.1) is 12.4 Å². The fourth-order valence-corrected chi connectivity index (χ4v) is 4.19. The van der Waals surface area contributed by atoms with E-state index in [1.165, 1.54) is 19.2 Å². The number of nitrogens with two attached hydrogens (primary N) is 1. The van der Waals surface area contributed by atoms with Gasteiger partial charge in [-0.25, -0.2) is 13.1 Å². The van der Waals surface area contributed by atoms with Crippen molar-refractivity contribution in [1.82, 2.24) is 4.72 Å². The molecule has 0 heterocycles. The normalized spacial score (nSPS) is 16.8. The van der Waals surface area contributed by atoms with E-state index in [1.54, 1.807) is 12.1 Å². The number of carbonyl (C=O) groups is 1. The van der Waals surface area contributed by atoms with Gasteiger partial charge in [0.25, 0.3) is 0 Å². The maximum atomic E-state index is 12.5. The number of nitrogens with one attached hydrogen (secondary N) is 1. The molecule has 25 heavy (non-hydrogen) atoms. The van der Waals surface area contributed by atoms with Crippen molar-refractivity contribution in [2.45, 2.75) is 49.5 Å². The van der Waals surface area contributed by atoms with E-state index in [-0.39, 0.29) is 35.9 Å². The molecule has 0 aromatic heterocycles. The minimum absolute atomic E-state index is 0. The lowest BCUT2D eigenvalue weighted by Crippen LogP contribution is -2.41. The number of ether oxygens (including phenoxy) is 1. The van der Waals surface area contributed by atoms with Crippen molar-refractivity contribution in [1.29, 1.82) is 0 Å². The zero-order valence-electron chi connectivity index (χ0n) is 14.8. The van der Waals surface area contributed by atoms with E-state index >= 15 is 0 Å². The summed E-state index contributed by atoms with van der Waals surface area (Å²) < 4.78 is 32.5. The summed E-state index contributed by atoms with van der Waals surface area (Å²) in [5.74, 6) is 0.0785. The molecule has 0 bridgehead atoms. The monoisotopic (exact) mass is 390 g/mol. The van der Waals surface area contributed by atoms with Crippen LogP contribution in [0.2, 0.25) is 0 Å². The second-order valence-corrected chi connectivity index (χ2v) is 8.50. The molecule has 142 valence electrons. The number of hydrogen-bond acceptors (Lipinski definition) is 5. The first-order chi connectivity index (χ1) is 11.2. The molecular formula is C17H27ClN2O4S. The van der Waals surface area contributed by atoms with Crippen LogP contribution in [0.25, 0.3) is 0 Å². The predicted octanol–water partition coefficient (Wildman–Crippen LogP) is 1.96. The van der Waals surface area contributed by atoms with Gasteiger partial charge in [-0.3, -0.25) is 4.79 Å². The van der Waals surface area contributed by atoms with E-state index in [9.17, 15) is 13.2 Å². The highest BCUT2D eigenvalue weighted by Gasteiger charge is 2.52. The van der Waals surface area contributed by atoms with Crippen molar-refractivity contribution in [3.8, 4) is 0 Å². The third kappa shape index (κ3) is 4.94. The third-order valence-electron chi connectivity index (χ3n) is 4.41. The lowest BCUT2D eigenvalue weighted by Gasteiger charge is -2.19. The van der Waals surface area contributed by atoms with E-state index in [4.69, 9.17) is 10.5 Å². The molecule has 1 aliphatic rings. The van der Waals surface area contributed by atoms with Gasteiger partial charge in [-0.05, 0) is 42.9 Å². The lowest BCUT2D eigenvalue weighted by atomic mass is 9.96. The average Bonchev–Trinajstić information content (AvgIpc) is 3.34. The van der Waals surface area contributed by atoms with Crippen LogP contribution in [0.4, 0.5) is 0 Å². The van der Waals surface area contributed by atoms with Crippen LogP contribution in [-0.2, 0) is 25.0 Å². The van der Waals surface area contributed by atoms with Gasteiger partial charge in [-0.1, -0.05) is 26.0 Å². The Morgan fingerprint density at radius 2 is 1.84 bits per heavy atom. The van der Waals surface area contributed by atoms with Crippen LogP contribution in [0.15, 0.2) is 29.2 Å². The molecule has 1 aromatic rings. The number of carbonyl (C=O) groups excluding carboxylic acids is 1. The predicted molar refractivity (Wildman–Crippen MR) is 99.2 cm³/mol. The van der Waals surface area contributed by atoms with Crippen LogP contribution >= 0.6 is 12.4 Å². The molecule has 1 aliphatic carbocycles. The molecule has 2 rings (SSSR count). The van der Waals surface area contributed by atoms with E-state index in [2.05, 4.69) is 4.72 Å². The molecule has 0 saturated heterocycles. The molecule has 0 aliphatic heterocycles. The summed E-state index contributed by atoms with van der Waals surface area (Å²) in [5, 5.41) is 0. The van der Waals surface area contributed by atoms with Gasteiger partial charge in [0.15, 0.2) is 0 Å². The number of halogens is 1. The Morgan fingerprint density at radius 1 is 1.28 bits per heavy atom. The summed E-state index contributed by atoms with van der Waals surface area (Å²) in [4.78, 5) is 12.1. The van der Waals surface area contributed by atoms with Gasteiger partial charge in [0.2, 0.25) is 10.0 Å². The molecule has 3 N–H and O–H groups in total. The molecule has 0 radical (unpaired) electrons. The first-order valence-electron chi connectivity index (χ1n) is 8.16. The second kappa shape index (κ2) is 8.49. The summed E-state index contributed by atoms with van der Waals surface area (Å²) in [7, 11) is -2.26. The molecule has 8 heteroatoms. The number of methoxy groups -OCH3 is 1. The van der Waals surface area contributed by atoms with Crippen LogP contribution < -0.4 is 10.5 Å². The SMILES string of the molecule is COC(=O)C1(c2ccc(S(=O)(=O)NC(CN)CC(C)C)cc2)CC1.Cl. The van der Waals surface area contributed by atoms with Crippen LogP contribution in [0.1, 0.15) is 38.7 Å². The van der Waals surface area contributed by atoms with Crippen molar-refractivity contribution in [2.24, 2.45) is 11.7 Å². The number of benzene rings is 1. The van der Waals surface area contributed by atoms with Gasteiger partial charge >= 0.3 is 5.97 Å². The number of esters is 1. The lowest BCUT2D eigenvalue weighted by molar-refractivity contribution is -0.143. The Kier molecular flexibility index (Phi) is 7.43. The molecule has 1 atom stereocenters. The summed E-state index contributed by atoms with van der Waals surface area (Å²) in [6.07, 6.45) is 2.14. The van der Waals surface area contributed by atoms with Crippen molar-refractivity contribution in [3.05, 3.63) is 29.8 Å². The van der Waals surface area contributed by atoms with Gasteiger partial charge in [-0.2, -0.15) is 0 Å². The highest BCUT2D eigenvalue weighted by molar-refractivity contribution is 7.89. The highest BCUT2D eigenvalue weighted by Crippen LogP contribution is 2.49. The van der Waals surface area contributed by atoms with Crippen molar-refractivity contribution in [3.63, 3.8) is 0 Å². The zero-order valence-corrected chi connectivity index (χ0v) is 16.5. The summed E-state index contributed by atoms with van der Waals surface area (Å²) in [6.45, 7) is 4.29. The second-order valence-electron chi connectivity index (χ2n) is 6.78. The maximum absolute atomic E-state index is 12.5. The topological polar surface area (TPSA) is 98.5 Å². The largest absolute Gasteiger partial charge is 0.468 e. The Balaban J connectivity index is 0.00000312. The first kappa shape index (κ1) is 21.9. The number of rotatable bonds is 8. The Morgan fingerprint density at radius 3 is 2.24 bits per heavy atom. The van der Waals surface area contributed by atoms with Gasteiger partial charge in [0, 0.05) is 12.6 Å². The first-order valence-corrected chi connectivity index (χ1v) is 9.65. The molecule has 1 fully saturated rings. The Labute approximate surface area is 156 Å². The molecule has 1 saturated carbocycles. The summed E-state index contributed by atoms with van der Waals surface area (Å²) in [6, 6.07) is 6.16. The average molecular weight is 391 g/mol. The van der Waals surface area contributed by atoms with Crippen LogP contribution in [0.5, 0.6) is 0 Å². The minimum atomic E-state index is -3.63.